The minimum atomic E-state index is -2.44. The van der Waals surface area contributed by atoms with Gasteiger partial charge in [-0.2, -0.15) is 0 Å². The number of fused-ring (bicyclic) bond motifs is 3. The minimum absolute atomic E-state index is 0.0268. The lowest BCUT2D eigenvalue weighted by Gasteiger charge is -2.45. The molecule has 1 unspecified atom stereocenters. The quantitative estimate of drug-likeness (QED) is 0.527. The Kier molecular flexibility index (Phi) is 3.32. The van der Waals surface area contributed by atoms with Gasteiger partial charge in [0.1, 0.15) is 17.1 Å². The van der Waals surface area contributed by atoms with E-state index in [9.17, 15) is 29.7 Å². The maximum Gasteiger partial charge on any atom is 0.255 e. The number of amides is 1. The second-order valence-corrected chi connectivity index (χ2v) is 6.94. The van der Waals surface area contributed by atoms with E-state index in [1.807, 2.05) is 0 Å². The van der Waals surface area contributed by atoms with Crippen molar-refractivity contribution in [2.75, 3.05) is 0 Å². The van der Waals surface area contributed by atoms with E-state index in [1.165, 1.54) is 12.3 Å². The number of carbonyl (C=O) groups is 3. The number of hydrogen-bond donors (Lipinski definition) is 4. The Morgan fingerprint density at radius 2 is 2.00 bits per heavy atom. The Morgan fingerprint density at radius 1 is 1.27 bits per heavy atom. The fourth-order valence-corrected chi connectivity index (χ4v) is 4.36. The monoisotopic (exact) mass is 356 g/mol. The van der Waals surface area contributed by atoms with Crippen LogP contribution in [0.3, 0.4) is 0 Å². The van der Waals surface area contributed by atoms with Gasteiger partial charge in [0, 0.05) is 35.9 Å². The number of nitrogens with zero attached hydrogens (tertiary/aromatic N) is 1. The zero-order valence-corrected chi connectivity index (χ0v) is 13.6. The fourth-order valence-electron chi connectivity index (χ4n) is 4.36. The largest absolute Gasteiger partial charge is 0.511 e. The predicted molar refractivity (Wildman–Crippen MR) is 86.9 cm³/mol. The SMILES string of the molecule is NC(=O)C1=C(O)CC2C[C@@H]3Cc4cnccc4C(=O)C3=C(O)[C@]2(O)C1=O. The number of allylic oxidation sites excluding steroid dienone is 2. The molecule has 1 aromatic rings. The van der Waals surface area contributed by atoms with Crippen molar-refractivity contribution in [1.82, 2.24) is 4.98 Å². The third-order valence-electron chi connectivity index (χ3n) is 5.59. The van der Waals surface area contributed by atoms with E-state index in [0.29, 0.717) is 12.0 Å². The first kappa shape index (κ1) is 16.5. The van der Waals surface area contributed by atoms with Crippen molar-refractivity contribution in [1.29, 1.82) is 0 Å². The summed E-state index contributed by atoms with van der Waals surface area (Å²) in [5, 5.41) is 31.7. The van der Waals surface area contributed by atoms with Gasteiger partial charge in [0.2, 0.25) is 5.78 Å². The lowest BCUT2D eigenvalue weighted by molar-refractivity contribution is -0.144. The zero-order valence-electron chi connectivity index (χ0n) is 13.6. The summed E-state index contributed by atoms with van der Waals surface area (Å²) < 4.78 is 0. The van der Waals surface area contributed by atoms with Crippen molar-refractivity contribution in [3.05, 3.63) is 52.3 Å². The summed E-state index contributed by atoms with van der Waals surface area (Å²) in [6.45, 7) is 0. The molecule has 0 aliphatic heterocycles. The molecule has 3 aliphatic carbocycles. The molecule has 3 atom stereocenters. The van der Waals surface area contributed by atoms with Crippen molar-refractivity contribution in [3.8, 4) is 0 Å². The molecule has 0 radical (unpaired) electrons. The van der Waals surface area contributed by atoms with Crippen LogP contribution >= 0.6 is 0 Å². The number of Topliss-reactive ketones (excluding diaryl/α,β-unsaturated/α-hetero) is 2. The number of hydrogen-bond acceptors (Lipinski definition) is 7. The number of rotatable bonds is 1. The number of nitrogens with two attached hydrogens (primary N) is 1. The van der Waals surface area contributed by atoms with Gasteiger partial charge >= 0.3 is 0 Å². The van der Waals surface area contributed by atoms with Crippen molar-refractivity contribution < 1.29 is 29.7 Å². The van der Waals surface area contributed by atoms with Gasteiger partial charge in [-0.05, 0) is 30.4 Å². The molecule has 0 bridgehead atoms. The zero-order chi connectivity index (χ0) is 18.8. The van der Waals surface area contributed by atoms with Gasteiger partial charge in [0.15, 0.2) is 11.4 Å². The molecule has 134 valence electrons. The predicted octanol–water partition coefficient (Wildman–Crippen LogP) is 0.270. The summed E-state index contributed by atoms with van der Waals surface area (Å²) in [5.74, 6) is -5.37. The highest BCUT2D eigenvalue weighted by atomic mass is 16.3. The summed E-state index contributed by atoms with van der Waals surface area (Å²) in [6, 6.07) is 1.52. The van der Waals surface area contributed by atoms with Crippen LogP contribution in [0, 0.1) is 11.8 Å². The van der Waals surface area contributed by atoms with Crippen LogP contribution in [0.25, 0.3) is 0 Å². The lowest BCUT2D eigenvalue weighted by Crippen LogP contribution is -2.57. The van der Waals surface area contributed by atoms with Crippen molar-refractivity contribution in [2.24, 2.45) is 17.6 Å². The van der Waals surface area contributed by atoms with Crippen molar-refractivity contribution in [3.63, 3.8) is 0 Å². The average Bonchev–Trinajstić information content (AvgIpc) is 2.58. The second-order valence-electron chi connectivity index (χ2n) is 6.94. The topological polar surface area (TPSA) is 151 Å². The highest BCUT2D eigenvalue weighted by Gasteiger charge is 2.59. The molecule has 3 aliphatic rings. The van der Waals surface area contributed by atoms with Gasteiger partial charge in [0.05, 0.1) is 0 Å². The number of aliphatic hydroxyl groups is 3. The number of ketones is 2. The highest BCUT2D eigenvalue weighted by Crippen LogP contribution is 2.50. The number of primary amides is 1. The molecule has 0 spiro atoms. The molecule has 0 saturated carbocycles. The standard InChI is InChI=1S/C18H16N2O6/c19-17(25)13-11(21)5-9-4-7-3-8-6-20-2-1-10(8)14(22)12(7)15(23)18(9,26)16(13)24/h1-2,6-7,9,21,23,26H,3-5H2,(H2,19,25)/t7-,9?,18-/m0/s1. The Labute approximate surface area is 147 Å². The molecular formula is C18H16N2O6. The van der Waals surface area contributed by atoms with Gasteiger partial charge in [-0.1, -0.05) is 0 Å². The molecule has 1 amide bonds. The number of aliphatic hydroxyl groups excluding tert-OH is 2. The van der Waals surface area contributed by atoms with Crippen molar-refractivity contribution in [2.45, 2.75) is 24.9 Å². The summed E-state index contributed by atoms with van der Waals surface area (Å²) in [5.41, 5.74) is 3.02. The van der Waals surface area contributed by atoms with Crippen LogP contribution in [0.15, 0.2) is 41.1 Å². The Hall–Kier alpha value is -3.00. The van der Waals surface area contributed by atoms with E-state index in [-0.39, 0.29) is 18.4 Å². The van der Waals surface area contributed by atoms with E-state index >= 15 is 0 Å². The van der Waals surface area contributed by atoms with Crippen LogP contribution in [0.2, 0.25) is 0 Å². The maximum atomic E-state index is 12.8. The van der Waals surface area contributed by atoms with Gasteiger partial charge < -0.3 is 21.1 Å². The Morgan fingerprint density at radius 3 is 2.69 bits per heavy atom. The Bertz CT molecular complexity index is 947. The average molecular weight is 356 g/mol. The van der Waals surface area contributed by atoms with E-state index in [0.717, 1.165) is 5.56 Å². The number of pyridine rings is 1. The summed E-state index contributed by atoms with van der Waals surface area (Å²) >= 11 is 0. The lowest BCUT2D eigenvalue weighted by atomic mass is 9.60. The molecule has 0 aromatic carbocycles. The third-order valence-corrected chi connectivity index (χ3v) is 5.59. The molecule has 8 heteroatoms. The first-order chi connectivity index (χ1) is 12.3. The van der Waals surface area contributed by atoms with Gasteiger partial charge in [-0.25, -0.2) is 0 Å². The van der Waals surface area contributed by atoms with Crippen LogP contribution in [-0.2, 0) is 16.0 Å². The van der Waals surface area contributed by atoms with E-state index < -0.39 is 52.0 Å². The third kappa shape index (κ3) is 1.93. The summed E-state index contributed by atoms with van der Waals surface area (Å²) in [4.78, 5) is 41.0. The molecule has 1 heterocycles. The maximum absolute atomic E-state index is 12.8. The van der Waals surface area contributed by atoms with E-state index in [1.54, 1.807) is 6.20 Å². The van der Waals surface area contributed by atoms with Gasteiger partial charge in [-0.3, -0.25) is 19.4 Å². The second kappa shape index (κ2) is 5.25. The van der Waals surface area contributed by atoms with Crippen LogP contribution in [0.1, 0.15) is 28.8 Å². The highest BCUT2D eigenvalue weighted by molar-refractivity contribution is 6.24. The summed E-state index contributed by atoms with van der Waals surface area (Å²) in [6.07, 6.45) is 3.45. The molecule has 0 fully saturated rings. The van der Waals surface area contributed by atoms with Crippen LogP contribution < -0.4 is 5.73 Å². The molecule has 4 rings (SSSR count). The minimum Gasteiger partial charge on any atom is -0.511 e. The van der Waals surface area contributed by atoms with Gasteiger partial charge in [0.25, 0.3) is 5.91 Å². The molecule has 5 N–H and O–H groups in total. The van der Waals surface area contributed by atoms with Crippen LogP contribution in [0.4, 0.5) is 0 Å². The van der Waals surface area contributed by atoms with Gasteiger partial charge in [-0.15, -0.1) is 0 Å². The normalized spacial score (nSPS) is 30.7. The first-order valence-corrected chi connectivity index (χ1v) is 8.17. The number of carbonyl (C=O) groups excluding carboxylic acids is 3. The summed E-state index contributed by atoms with van der Waals surface area (Å²) in [7, 11) is 0. The van der Waals surface area contributed by atoms with Crippen LogP contribution in [-0.4, -0.2) is 43.4 Å². The molecule has 1 aromatic heterocycles. The first-order valence-electron chi connectivity index (χ1n) is 8.17. The smallest absolute Gasteiger partial charge is 0.255 e. The van der Waals surface area contributed by atoms with E-state index in [4.69, 9.17) is 5.73 Å². The van der Waals surface area contributed by atoms with Crippen LogP contribution in [0.5, 0.6) is 0 Å². The number of aromatic nitrogens is 1. The molecule has 26 heavy (non-hydrogen) atoms. The molecular weight excluding hydrogens is 340 g/mol. The Balaban J connectivity index is 1.90. The van der Waals surface area contributed by atoms with E-state index in [2.05, 4.69) is 4.98 Å². The molecule has 8 nitrogen and oxygen atoms in total. The molecule has 0 saturated heterocycles. The fraction of sp³-hybridized carbons (Fsp3) is 0.333. The van der Waals surface area contributed by atoms with Crippen molar-refractivity contribution >= 4 is 17.5 Å².